The molecule has 1 aliphatic rings. The minimum Gasteiger partial charge on any atom is -0.339 e. The van der Waals surface area contributed by atoms with Gasteiger partial charge in [0.2, 0.25) is 0 Å². The number of amides is 1. The van der Waals surface area contributed by atoms with Gasteiger partial charge in [-0.15, -0.1) is 0 Å². The van der Waals surface area contributed by atoms with Gasteiger partial charge in [0.25, 0.3) is 5.91 Å². The fourth-order valence-electron chi connectivity index (χ4n) is 2.44. The third kappa shape index (κ3) is 3.83. The van der Waals surface area contributed by atoms with Crippen LogP contribution in [0.1, 0.15) is 23.2 Å². The van der Waals surface area contributed by atoms with Crippen LogP contribution >= 0.6 is 34.2 Å². The molecule has 3 nitrogen and oxygen atoms in total. The first-order valence-corrected chi connectivity index (χ1v) is 7.96. The van der Waals surface area contributed by atoms with E-state index in [9.17, 15) is 4.79 Å². The van der Waals surface area contributed by atoms with E-state index in [4.69, 9.17) is 11.6 Å². The highest BCUT2D eigenvalue weighted by molar-refractivity contribution is 14.1. The minimum atomic E-state index is 0.0983. The van der Waals surface area contributed by atoms with Crippen molar-refractivity contribution in [1.29, 1.82) is 0 Å². The van der Waals surface area contributed by atoms with Crippen molar-refractivity contribution in [3.63, 3.8) is 0 Å². The first kappa shape index (κ1) is 15.1. The van der Waals surface area contributed by atoms with Crippen LogP contribution in [0.2, 0.25) is 5.02 Å². The number of carbonyl (C=O) groups excluding carboxylic acids is 1. The zero-order chi connectivity index (χ0) is 13.8. The molecule has 1 aromatic rings. The Morgan fingerprint density at radius 2 is 2.16 bits per heavy atom. The molecular formula is C14H18ClIN2O. The summed E-state index contributed by atoms with van der Waals surface area (Å²) in [7, 11) is 1.98. The summed E-state index contributed by atoms with van der Waals surface area (Å²) in [4.78, 5) is 14.3. The molecule has 1 fully saturated rings. The molecule has 1 amide bonds. The van der Waals surface area contributed by atoms with E-state index in [1.165, 1.54) is 0 Å². The zero-order valence-electron chi connectivity index (χ0n) is 11.0. The van der Waals surface area contributed by atoms with Crippen LogP contribution in [0.5, 0.6) is 0 Å². The molecule has 1 heterocycles. The Hall–Kier alpha value is -0.330. The highest BCUT2D eigenvalue weighted by Gasteiger charge is 2.23. The monoisotopic (exact) mass is 392 g/mol. The Kier molecular flexibility index (Phi) is 5.47. The summed E-state index contributed by atoms with van der Waals surface area (Å²) in [5.74, 6) is 0.788. The summed E-state index contributed by atoms with van der Waals surface area (Å²) in [5.41, 5.74) is 0.692. The van der Waals surface area contributed by atoms with Gasteiger partial charge < -0.3 is 10.2 Å². The van der Waals surface area contributed by atoms with Crippen LogP contribution in [-0.2, 0) is 0 Å². The molecule has 0 spiro atoms. The number of nitrogens with one attached hydrogen (secondary N) is 1. The van der Waals surface area contributed by atoms with Gasteiger partial charge in [0.05, 0.1) is 5.02 Å². The molecule has 0 unspecified atom stereocenters. The summed E-state index contributed by atoms with van der Waals surface area (Å²) in [5, 5.41) is 3.85. The Bertz CT molecular complexity index is 459. The maximum Gasteiger partial charge on any atom is 0.253 e. The van der Waals surface area contributed by atoms with Crippen molar-refractivity contribution >= 4 is 40.1 Å². The number of likely N-dealkylation sites (tertiary alicyclic amines) is 1. The Labute approximate surface area is 132 Å². The van der Waals surface area contributed by atoms with Crippen molar-refractivity contribution in [2.24, 2.45) is 5.92 Å². The smallest absolute Gasteiger partial charge is 0.253 e. The first-order chi connectivity index (χ1) is 9.11. The first-order valence-electron chi connectivity index (χ1n) is 6.50. The molecule has 0 radical (unpaired) electrons. The van der Waals surface area contributed by atoms with Gasteiger partial charge in [0, 0.05) is 22.2 Å². The number of carbonyl (C=O) groups is 1. The fraction of sp³-hybridized carbons (Fsp3) is 0.500. The van der Waals surface area contributed by atoms with E-state index in [2.05, 4.69) is 27.9 Å². The molecule has 2 rings (SSSR count). The highest BCUT2D eigenvalue weighted by Crippen LogP contribution is 2.22. The van der Waals surface area contributed by atoms with Crippen LogP contribution in [0.25, 0.3) is 0 Å². The molecule has 0 aliphatic carbocycles. The van der Waals surface area contributed by atoms with E-state index in [1.807, 2.05) is 24.1 Å². The summed E-state index contributed by atoms with van der Waals surface area (Å²) in [6.07, 6.45) is 2.15. The summed E-state index contributed by atoms with van der Waals surface area (Å²) in [6.45, 7) is 2.72. The lowest BCUT2D eigenvalue weighted by Gasteiger charge is -2.32. The maximum absolute atomic E-state index is 12.4. The Balaban J connectivity index is 1.99. The van der Waals surface area contributed by atoms with Gasteiger partial charge in [-0.05, 0) is 73.1 Å². The van der Waals surface area contributed by atoms with Crippen LogP contribution in [-0.4, -0.2) is 37.5 Å². The van der Waals surface area contributed by atoms with Crippen LogP contribution in [0.3, 0.4) is 0 Å². The van der Waals surface area contributed by atoms with Gasteiger partial charge in [-0.2, -0.15) is 0 Å². The lowest BCUT2D eigenvalue weighted by molar-refractivity contribution is 0.0691. The second-order valence-electron chi connectivity index (χ2n) is 4.92. The number of nitrogens with zero attached hydrogens (tertiary/aromatic N) is 1. The molecule has 5 heteroatoms. The lowest BCUT2D eigenvalue weighted by atomic mass is 9.96. The molecule has 1 aliphatic heterocycles. The number of benzene rings is 1. The van der Waals surface area contributed by atoms with E-state index < -0.39 is 0 Å². The molecule has 0 aromatic heterocycles. The van der Waals surface area contributed by atoms with Gasteiger partial charge in [-0.1, -0.05) is 11.6 Å². The minimum absolute atomic E-state index is 0.0983. The molecule has 1 saturated heterocycles. The Morgan fingerprint density at radius 3 is 2.74 bits per heavy atom. The molecule has 1 aromatic carbocycles. The topological polar surface area (TPSA) is 32.3 Å². The number of rotatable bonds is 3. The van der Waals surface area contributed by atoms with E-state index in [-0.39, 0.29) is 5.91 Å². The third-order valence-corrected chi connectivity index (χ3v) is 5.13. The summed E-state index contributed by atoms with van der Waals surface area (Å²) >= 11 is 8.24. The van der Waals surface area contributed by atoms with Crippen LogP contribution < -0.4 is 5.32 Å². The maximum atomic E-state index is 12.4. The van der Waals surface area contributed by atoms with Crippen molar-refractivity contribution < 1.29 is 4.79 Å². The van der Waals surface area contributed by atoms with Crippen molar-refractivity contribution in [1.82, 2.24) is 10.2 Å². The molecule has 0 saturated carbocycles. The number of piperidine rings is 1. The second-order valence-corrected chi connectivity index (χ2v) is 6.49. The van der Waals surface area contributed by atoms with E-state index in [0.717, 1.165) is 36.0 Å². The largest absolute Gasteiger partial charge is 0.339 e. The van der Waals surface area contributed by atoms with Gasteiger partial charge >= 0.3 is 0 Å². The predicted octanol–water partition coefficient (Wildman–Crippen LogP) is 3.02. The SMILES string of the molecule is CNCC1CCN(C(=O)c2ccc(I)c(Cl)c2)CC1. The molecule has 0 bridgehead atoms. The van der Waals surface area contributed by atoms with E-state index in [1.54, 1.807) is 6.07 Å². The lowest BCUT2D eigenvalue weighted by Crippen LogP contribution is -2.40. The van der Waals surface area contributed by atoms with Crippen molar-refractivity contribution in [2.75, 3.05) is 26.7 Å². The van der Waals surface area contributed by atoms with E-state index >= 15 is 0 Å². The normalized spacial score (nSPS) is 16.7. The molecule has 104 valence electrons. The average Bonchev–Trinajstić information content (AvgIpc) is 2.42. The van der Waals surface area contributed by atoms with Crippen molar-refractivity contribution in [3.8, 4) is 0 Å². The van der Waals surface area contributed by atoms with Gasteiger partial charge in [0.1, 0.15) is 0 Å². The van der Waals surface area contributed by atoms with Gasteiger partial charge in [-0.25, -0.2) is 0 Å². The summed E-state index contributed by atoms with van der Waals surface area (Å²) in [6, 6.07) is 5.52. The standard InChI is InChI=1S/C14H18ClIN2O/c1-17-9-10-4-6-18(7-5-10)14(19)11-2-3-13(16)12(15)8-11/h2-3,8,10,17H,4-7,9H2,1H3. The predicted molar refractivity (Wildman–Crippen MR) is 86.7 cm³/mol. The number of halogens is 2. The van der Waals surface area contributed by atoms with Crippen LogP contribution in [0.4, 0.5) is 0 Å². The molecule has 0 atom stereocenters. The molecule has 19 heavy (non-hydrogen) atoms. The second kappa shape index (κ2) is 6.90. The highest BCUT2D eigenvalue weighted by atomic mass is 127. The molecule has 1 N–H and O–H groups in total. The van der Waals surface area contributed by atoms with Crippen molar-refractivity contribution in [3.05, 3.63) is 32.4 Å². The molecular weight excluding hydrogens is 375 g/mol. The zero-order valence-corrected chi connectivity index (χ0v) is 13.9. The van der Waals surface area contributed by atoms with E-state index in [0.29, 0.717) is 16.5 Å². The van der Waals surface area contributed by atoms with Gasteiger partial charge in [0.15, 0.2) is 0 Å². The Morgan fingerprint density at radius 1 is 1.47 bits per heavy atom. The van der Waals surface area contributed by atoms with Crippen molar-refractivity contribution in [2.45, 2.75) is 12.8 Å². The van der Waals surface area contributed by atoms with Crippen LogP contribution in [0.15, 0.2) is 18.2 Å². The fourth-order valence-corrected chi connectivity index (χ4v) is 2.96. The van der Waals surface area contributed by atoms with Crippen LogP contribution in [0, 0.1) is 9.49 Å². The summed E-state index contributed by atoms with van der Waals surface area (Å²) < 4.78 is 0.976. The number of hydrogen-bond acceptors (Lipinski definition) is 2. The number of hydrogen-bond donors (Lipinski definition) is 1. The third-order valence-electron chi connectivity index (χ3n) is 3.56. The van der Waals surface area contributed by atoms with Gasteiger partial charge in [-0.3, -0.25) is 4.79 Å². The quantitative estimate of drug-likeness (QED) is 0.802. The average molecular weight is 393 g/mol.